The first-order valence-corrected chi connectivity index (χ1v) is 8.03. The zero-order valence-electron chi connectivity index (χ0n) is 15.1. The number of ether oxygens (including phenoxy) is 4. The maximum atomic E-state index is 12.3. The number of aromatic hydroxyl groups is 1. The van der Waals surface area contributed by atoms with Crippen LogP contribution in [0.4, 0.5) is 5.69 Å². The summed E-state index contributed by atoms with van der Waals surface area (Å²) in [5, 5.41) is 12.7. The maximum Gasteiger partial charge on any atom is 0.225 e. The fraction of sp³-hybridized carbons (Fsp3) is 0.316. The Balaban J connectivity index is 2.24. The van der Waals surface area contributed by atoms with Gasteiger partial charge in [0.05, 0.1) is 34.1 Å². The van der Waals surface area contributed by atoms with E-state index in [1.807, 2.05) is 0 Å². The number of phenolic OH excluding ortho intramolecular Hbond substituents is 1. The van der Waals surface area contributed by atoms with Crippen molar-refractivity contribution in [1.29, 1.82) is 0 Å². The van der Waals surface area contributed by atoms with Crippen LogP contribution >= 0.6 is 0 Å². The van der Waals surface area contributed by atoms with E-state index in [1.165, 1.54) is 21.3 Å². The number of nitrogens with one attached hydrogen (secondary N) is 1. The molecule has 0 fully saturated rings. The molecule has 0 aromatic heterocycles. The Morgan fingerprint density at radius 3 is 2.27 bits per heavy atom. The molecule has 1 heterocycles. The molecule has 0 bridgehead atoms. The number of amides is 1. The third-order valence-electron chi connectivity index (χ3n) is 4.49. The summed E-state index contributed by atoms with van der Waals surface area (Å²) in [5.74, 6) is 1.39. The molecule has 0 saturated carbocycles. The number of phenols is 1. The van der Waals surface area contributed by atoms with Crippen molar-refractivity contribution in [3.63, 3.8) is 0 Å². The van der Waals surface area contributed by atoms with E-state index in [2.05, 4.69) is 5.32 Å². The average Bonchev–Trinajstić information content (AvgIpc) is 2.65. The van der Waals surface area contributed by atoms with Crippen LogP contribution in [0.25, 0.3) is 0 Å². The third kappa shape index (κ3) is 2.85. The Labute approximate surface area is 151 Å². The summed E-state index contributed by atoms with van der Waals surface area (Å²) < 4.78 is 21.6. The molecule has 7 nitrogen and oxygen atoms in total. The molecule has 7 heteroatoms. The second kappa shape index (κ2) is 7.03. The number of benzene rings is 2. The van der Waals surface area contributed by atoms with E-state index in [-0.39, 0.29) is 24.0 Å². The first-order valence-electron chi connectivity index (χ1n) is 8.03. The van der Waals surface area contributed by atoms with Gasteiger partial charge in [0.15, 0.2) is 23.0 Å². The van der Waals surface area contributed by atoms with Gasteiger partial charge in [-0.25, -0.2) is 0 Å². The molecule has 1 amide bonds. The number of anilines is 1. The molecule has 26 heavy (non-hydrogen) atoms. The second-order valence-corrected chi connectivity index (χ2v) is 5.84. The maximum absolute atomic E-state index is 12.3. The Kier molecular flexibility index (Phi) is 4.79. The third-order valence-corrected chi connectivity index (χ3v) is 4.49. The monoisotopic (exact) mass is 359 g/mol. The van der Waals surface area contributed by atoms with Gasteiger partial charge in [0.1, 0.15) is 0 Å². The highest BCUT2D eigenvalue weighted by Crippen LogP contribution is 2.51. The van der Waals surface area contributed by atoms with Crippen LogP contribution in [0.15, 0.2) is 24.3 Å². The lowest BCUT2D eigenvalue weighted by atomic mass is 9.83. The van der Waals surface area contributed by atoms with E-state index in [0.717, 1.165) is 11.1 Å². The first-order chi connectivity index (χ1) is 12.5. The SMILES string of the molecule is COc1cc([C@H]2CC(=O)Nc3cc(OC)c(OC)c(OC)c32)ccc1O. The lowest BCUT2D eigenvalue weighted by Gasteiger charge is -2.29. The van der Waals surface area contributed by atoms with Gasteiger partial charge in [0.25, 0.3) is 0 Å². The van der Waals surface area contributed by atoms with Gasteiger partial charge in [-0.05, 0) is 17.7 Å². The average molecular weight is 359 g/mol. The van der Waals surface area contributed by atoms with E-state index >= 15 is 0 Å². The van der Waals surface area contributed by atoms with E-state index in [1.54, 1.807) is 31.4 Å². The Hall–Kier alpha value is -3.09. The van der Waals surface area contributed by atoms with Crippen LogP contribution in [0.2, 0.25) is 0 Å². The Morgan fingerprint density at radius 2 is 1.65 bits per heavy atom. The summed E-state index contributed by atoms with van der Waals surface area (Å²) >= 11 is 0. The minimum atomic E-state index is -0.289. The van der Waals surface area contributed by atoms with Crippen molar-refractivity contribution in [1.82, 2.24) is 0 Å². The molecule has 2 N–H and O–H groups in total. The number of carbonyl (C=O) groups is 1. The van der Waals surface area contributed by atoms with Crippen molar-refractivity contribution in [2.24, 2.45) is 0 Å². The van der Waals surface area contributed by atoms with Gasteiger partial charge < -0.3 is 29.4 Å². The summed E-state index contributed by atoms with van der Waals surface area (Å²) in [7, 11) is 6.08. The molecule has 0 saturated heterocycles. The van der Waals surface area contributed by atoms with Crippen molar-refractivity contribution in [3.05, 3.63) is 35.4 Å². The normalized spacial score (nSPS) is 15.7. The molecule has 2 aromatic carbocycles. The van der Waals surface area contributed by atoms with Crippen molar-refractivity contribution < 1.29 is 28.8 Å². The number of methoxy groups -OCH3 is 4. The van der Waals surface area contributed by atoms with Gasteiger partial charge in [-0.2, -0.15) is 0 Å². The van der Waals surface area contributed by atoms with Crippen molar-refractivity contribution in [2.45, 2.75) is 12.3 Å². The van der Waals surface area contributed by atoms with Crippen LogP contribution in [0.1, 0.15) is 23.5 Å². The Morgan fingerprint density at radius 1 is 0.962 bits per heavy atom. The fourth-order valence-electron chi connectivity index (χ4n) is 3.31. The first kappa shape index (κ1) is 17.7. The van der Waals surface area contributed by atoms with E-state index in [9.17, 15) is 9.90 Å². The molecule has 1 atom stereocenters. The molecular weight excluding hydrogens is 338 g/mol. The summed E-state index contributed by atoms with van der Waals surface area (Å²) in [6, 6.07) is 6.76. The quantitative estimate of drug-likeness (QED) is 0.854. The van der Waals surface area contributed by atoms with Gasteiger partial charge in [0.2, 0.25) is 11.7 Å². The molecule has 1 aliphatic heterocycles. The van der Waals surface area contributed by atoms with Gasteiger partial charge in [-0.3, -0.25) is 4.79 Å². The van der Waals surface area contributed by atoms with Gasteiger partial charge in [-0.15, -0.1) is 0 Å². The Bertz CT molecular complexity index is 848. The van der Waals surface area contributed by atoms with Crippen LogP contribution in [-0.2, 0) is 4.79 Å². The van der Waals surface area contributed by atoms with Crippen molar-refractivity contribution in [3.8, 4) is 28.7 Å². The number of hydrogen-bond acceptors (Lipinski definition) is 6. The van der Waals surface area contributed by atoms with Gasteiger partial charge in [-0.1, -0.05) is 6.07 Å². The standard InChI is InChI=1S/C19H21NO6/c1-23-14-7-10(5-6-13(14)21)11-8-16(22)20-12-9-15(24-2)18(25-3)19(26-4)17(11)12/h5-7,9,11,21H,8H2,1-4H3,(H,20,22)/t11-/m1/s1. The summed E-state index contributed by atoms with van der Waals surface area (Å²) in [5.41, 5.74) is 2.21. The highest BCUT2D eigenvalue weighted by atomic mass is 16.5. The lowest BCUT2D eigenvalue weighted by Crippen LogP contribution is -2.24. The fourth-order valence-corrected chi connectivity index (χ4v) is 3.31. The molecular formula is C19H21NO6. The molecule has 0 spiro atoms. The minimum Gasteiger partial charge on any atom is -0.504 e. The lowest BCUT2D eigenvalue weighted by molar-refractivity contribution is -0.116. The molecule has 138 valence electrons. The number of carbonyl (C=O) groups excluding carboxylic acids is 1. The van der Waals surface area contributed by atoms with Crippen LogP contribution in [-0.4, -0.2) is 39.5 Å². The molecule has 2 aromatic rings. The molecule has 0 unspecified atom stereocenters. The van der Waals surface area contributed by atoms with Gasteiger partial charge >= 0.3 is 0 Å². The molecule has 1 aliphatic rings. The highest BCUT2D eigenvalue weighted by molar-refractivity contribution is 5.97. The van der Waals surface area contributed by atoms with Crippen molar-refractivity contribution >= 4 is 11.6 Å². The van der Waals surface area contributed by atoms with Crippen molar-refractivity contribution in [2.75, 3.05) is 33.8 Å². The predicted octanol–water partition coefficient (Wildman–Crippen LogP) is 2.90. The minimum absolute atomic E-state index is 0.0380. The highest BCUT2D eigenvalue weighted by Gasteiger charge is 2.33. The van der Waals surface area contributed by atoms with Crippen LogP contribution in [0.5, 0.6) is 28.7 Å². The molecule has 3 rings (SSSR count). The second-order valence-electron chi connectivity index (χ2n) is 5.84. The number of rotatable bonds is 5. The van der Waals surface area contributed by atoms with E-state index in [4.69, 9.17) is 18.9 Å². The van der Waals surface area contributed by atoms with Crippen LogP contribution in [0.3, 0.4) is 0 Å². The topological polar surface area (TPSA) is 86.3 Å². The largest absolute Gasteiger partial charge is 0.504 e. The summed E-state index contributed by atoms with van der Waals surface area (Å²) in [6.45, 7) is 0. The molecule has 0 aliphatic carbocycles. The smallest absolute Gasteiger partial charge is 0.225 e. The van der Waals surface area contributed by atoms with E-state index < -0.39 is 0 Å². The number of fused-ring (bicyclic) bond motifs is 1. The summed E-state index contributed by atoms with van der Waals surface area (Å²) in [4.78, 5) is 12.3. The zero-order valence-corrected chi connectivity index (χ0v) is 15.1. The zero-order chi connectivity index (χ0) is 18.8. The predicted molar refractivity (Wildman–Crippen MR) is 95.8 cm³/mol. The summed E-state index contributed by atoms with van der Waals surface area (Å²) in [6.07, 6.45) is 0.229. The van der Waals surface area contributed by atoms with Crippen LogP contribution in [0, 0.1) is 0 Å². The number of hydrogen-bond donors (Lipinski definition) is 2. The van der Waals surface area contributed by atoms with E-state index in [0.29, 0.717) is 28.7 Å². The van der Waals surface area contributed by atoms with Gasteiger partial charge in [0, 0.05) is 24.0 Å². The van der Waals surface area contributed by atoms with Crippen LogP contribution < -0.4 is 24.3 Å². The molecule has 0 radical (unpaired) electrons.